The summed E-state index contributed by atoms with van der Waals surface area (Å²) in [6.45, 7) is 4.43. The monoisotopic (exact) mass is 290 g/mol. The van der Waals surface area contributed by atoms with Gasteiger partial charge >= 0.3 is 5.97 Å². The lowest BCUT2D eigenvalue weighted by Crippen LogP contribution is -1.98. The van der Waals surface area contributed by atoms with Crippen LogP contribution in [0.5, 0.6) is 5.75 Å². The molecule has 0 amide bonds. The maximum atomic E-state index is 11.3. The van der Waals surface area contributed by atoms with E-state index in [1.807, 2.05) is 0 Å². The number of aromatic nitrogens is 2. The zero-order valence-corrected chi connectivity index (χ0v) is 12.8. The average molecular weight is 290 g/mol. The maximum absolute atomic E-state index is 11.3. The Balaban J connectivity index is 2.23. The number of ether oxygens (including phenoxy) is 1. The number of aryl methyl sites for hydroxylation is 1. The Kier molecular flexibility index (Phi) is 4.83. The summed E-state index contributed by atoms with van der Waals surface area (Å²) in [5.74, 6) is 1.18. The van der Waals surface area contributed by atoms with E-state index in [-0.39, 0.29) is 5.56 Å². The summed E-state index contributed by atoms with van der Waals surface area (Å²) in [4.78, 5) is 18.9. The van der Waals surface area contributed by atoms with Gasteiger partial charge in [-0.25, -0.2) is 9.78 Å². The van der Waals surface area contributed by atoms with Crippen molar-refractivity contribution < 1.29 is 14.6 Å². The van der Waals surface area contributed by atoms with Crippen LogP contribution in [-0.4, -0.2) is 28.2 Å². The molecule has 0 radical (unpaired) electrons. The van der Waals surface area contributed by atoms with Crippen molar-refractivity contribution in [1.29, 1.82) is 0 Å². The SMILES string of the molecule is COc1ccc(C(=O)O)c2nc(CCCCC(C)C)[nH]c12. The third-order valence-corrected chi connectivity index (χ3v) is 3.55. The predicted molar refractivity (Wildman–Crippen MR) is 82.0 cm³/mol. The number of carboxylic acids is 1. The number of nitrogens with zero attached hydrogens (tertiary/aromatic N) is 1. The highest BCUT2D eigenvalue weighted by molar-refractivity contribution is 6.02. The minimum absolute atomic E-state index is 0.204. The standard InChI is InChI=1S/C16H22N2O3/c1-10(2)6-4-5-7-13-17-14-11(16(19)20)8-9-12(21-3)15(14)18-13/h8-10H,4-7H2,1-3H3,(H,17,18)(H,19,20). The van der Waals surface area contributed by atoms with Crippen molar-refractivity contribution in [2.45, 2.75) is 39.5 Å². The Bertz CT molecular complexity index is 632. The van der Waals surface area contributed by atoms with Crippen LogP contribution in [0.1, 0.15) is 49.3 Å². The lowest BCUT2D eigenvalue weighted by Gasteiger charge is -2.02. The van der Waals surface area contributed by atoms with E-state index < -0.39 is 5.97 Å². The molecule has 0 atom stereocenters. The van der Waals surface area contributed by atoms with Gasteiger partial charge in [0.15, 0.2) is 0 Å². The highest BCUT2D eigenvalue weighted by Gasteiger charge is 2.16. The third kappa shape index (κ3) is 3.54. The second kappa shape index (κ2) is 6.61. The van der Waals surface area contributed by atoms with E-state index in [1.165, 1.54) is 12.5 Å². The highest BCUT2D eigenvalue weighted by Crippen LogP contribution is 2.27. The second-order valence-electron chi connectivity index (χ2n) is 5.67. The number of aromatic carboxylic acids is 1. The molecule has 2 N–H and O–H groups in total. The largest absolute Gasteiger partial charge is 0.494 e. The Morgan fingerprint density at radius 1 is 1.38 bits per heavy atom. The van der Waals surface area contributed by atoms with E-state index in [0.717, 1.165) is 25.1 Å². The van der Waals surface area contributed by atoms with Gasteiger partial charge in [0.25, 0.3) is 0 Å². The molecule has 5 nitrogen and oxygen atoms in total. The van der Waals surface area contributed by atoms with Crippen molar-refractivity contribution in [3.05, 3.63) is 23.5 Å². The van der Waals surface area contributed by atoms with Crippen LogP contribution < -0.4 is 4.74 Å². The zero-order chi connectivity index (χ0) is 15.4. The van der Waals surface area contributed by atoms with Crippen LogP contribution in [-0.2, 0) is 6.42 Å². The van der Waals surface area contributed by atoms with E-state index in [2.05, 4.69) is 23.8 Å². The van der Waals surface area contributed by atoms with Gasteiger partial charge < -0.3 is 14.8 Å². The molecule has 1 heterocycles. The average Bonchev–Trinajstić information content (AvgIpc) is 2.85. The summed E-state index contributed by atoms with van der Waals surface area (Å²) < 4.78 is 5.27. The molecule has 0 bridgehead atoms. The van der Waals surface area contributed by atoms with E-state index >= 15 is 0 Å². The van der Waals surface area contributed by atoms with E-state index in [1.54, 1.807) is 13.2 Å². The first kappa shape index (κ1) is 15.4. The minimum Gasteiger partial charge on any atom is -0.494 e. The first-order chi connectivity index (χ1) is 10.0. The predicted octanol–water partition coefficient (Wildman–Crippen LogP) is 3.64. The van der Waals surface area contributed by atoms with Crippen molar-refractivity contribution in [2.75, 3.05) is 7.11 Å². The molecule has 0 unspecified atom stereocenters. The summed E-state index contributed by atoms with van der Waals surface area (Å²) >= 11 is 0. The number of aromatic amines is 1. The minimum atomic E-state index is -0.972. The van der Waals surface area contributed by atoms with Gasteiger partial charge in [0.1, 0.15) is 22.6 Å². The van der Waals surface area contributed by atoms with Crippen LogP contribution >= 0.6 is 0 Å². The number of unbranched alkanes of at least 4 members (excludes halogenated alkanes) is 1. The number of rotatable bonds is 7. The normalized spacial score (nSPS) is 11.2. The molecule has 2 rings (SSSR count). The van der Waals surface area contributed by atoms with Crippen molar-refractivity contribution in [3.63, 3.8) is 0 Å². The molecule has 21 heavy (non-hydrogen) atoms. The number of fused-ring (bicyclic) bond motifs is 1. The molecule has 0 aliphatic carbocycles. The summed E-state index contributed by atoms with van der Waals surface area (Å²) in [6, 6.07) is 3.19. The number of nitrogens with one attached hydrogen (secondary N) is 1. The molecule has 114 valence electrons. The number of H-pyrrole nitrogens is 1. The van der Waals surface area contributed by atoms with Gasteiger partial charge in [-0.1, -0.05) is 26.7 Å². The van der Waals surface area contributed by atoms with Crippen LogP contribution in [0.15, 0.2) is 12.1 Å². The number of benzene rings is 1. The Labute approximate surface area is 124 Å². The third-order valence-electron chi connectivity index (χ3n) is 3.55. The fraction of sp³-hybridized carbons (Fsp3) is 0.500. The number of carbonyl (C=O) groups is 1. The van der Waals surface area contributed by atoms with Gasteiger partial charge in [0.05, 0.1) is 12.7 Å². The van der Waals surface area contributed by atoms with Crippen molar-refractivity contribution >= 4 is 17.0 Å². The van der Waals surface area contributed by atoms with Crippen LogP contribution in [0, 0.1) is 5.92 Å². The number of methoxy groups -OCH3 is 1. The molecular formula is C16H22N2O3. The molecule has 0 fully saturated rings. The lowest BCUT2D eigenvalue weighted by atomic mass is 10.1. The van der Waals surface area contributed by atoms with Gasteiger partial charge in [-0.05, 0) is 24.5 Å². The molecule has 2 aromatic rings. The zero-order valence-electron chi connectivity index (χ0n) is 12.8. The number of carboxylic acid groups (broad SMARTS) is 1. The molecule has 0 spiro atoms. The summed E-state index contributed by atoms with van der Waals surface area (Å²) in [5.41, 5.74) is 1.34. The maximum Gasteiger partial charge on any atom is 0.337 e. The van der Waals surface area contributed by atoms with Crippen LogP contribution in [0.2, 0.25) is 0 Å². The van der Waals surface area contributed by atoms with Gasteiger partial charge in [0.2, 0.25) is 0 Å². The van der Waals surface area contributed by atoms with Crippen molar-refractivity contribution in [3.8, 4) is 5.75 Å². The number of hydrogen-bond acceptors (Lipinski definition) is 3. The van der Waals surface area contributed by atoms with Gasteiger partial charge in [-0.2, -0.15) is 0 Å². The Morgan fingerprint density at radius 2 is 2.14 bits per heavy atom. The van der Waals surface area contributed by atoms with Gasteiger partial charge in [-0.3, -0.25) is 0 Å². The highest BCUT2D eigenvalue weighted by atomic mass is 16.5. The van der Waals surface area contributed by atoms with Crippen LogP contribution in [0.4, 0.5) is 0 Å². The Morgan fingerprint density at radius 3 is 2.76 bits per heavy atom. The first-order valence-corrected chi connectivity index (χ1v) is 7.31. The second-order valence-corrected chi connectivity index (χ2v) is 5.67. The van der Waals surface area contributed by atoms with Gasteiger partial charge in [-0.15, -0.1) is 0 Å². The molecular weight excluding hydrogens is 268 g/mol. The first-order valence-electron chi connectivity index (χ1n) is 7.31. The smallest absolute Gasteiger partial charge is 0.337 e. The number of hydrogen-bond donors (Lipinski definition) is 2. The lowest BCUT2D eigenvalue weighted by molar-refractivity contribution is 0.0699. The van der Waals surface area contributed by atoms with E-state index in [0.29, 0.717) is 22.7 Å². The van der Waals surface area contributed by atoms with Crippen molar-refractivity contribution in [2.24, 2.45) is 5.92 Å². The fourth-order valence-corrected chi connectivity index (χ4v) is 2.42. The van der Waals surface area contributed by atoms with E-state index in [9.17, 15) is 9.90 Å². The summed E-state index contributed by atoms with van der Waals surface area (Å²) in [5, 5.41) is 9.24. The molecule has 1 aromatic carbocycles. The Hall–Kier alpha value is -2.04. The van der Waals surface area contributed by atoms with Gasteiger partial charge in [0, 0.05) is 6.42 Å². The van der Waals surface area contributed by atoms with Crippen LogP contribution in [0.3, 0.4) is 0 Å². The van der Waals surface area contributed by atoms with E-state index in [4.69, 9.17) is 4.74 Å². The molecule has 0 saturated heterocycles. The van der Waals surface area contributed by atoms with Crippen LogP contribution in [0.25, 0.3) is 11.0 Å². The molecule has 1 aromatic heterocycles. The quantitative estimate of drug-likeness (QED) is 0.763. The molecule has 0 aliphatic heterocycles. The molecule has 0 saturated carbocycles. The molecule has 5 heteroatoms. The molecule has 0 aliphatic rings. The van der Waals surface area contributed by atoms with Crippen molar-refractivity contribution in [1.82, 2.24) is 9.97 Å². The fourth-order valence-electron chi connectivity index (χ4n) is 2.42. The number of imidazole rings is 1. The topological polar surface area (TPSA) is 75.2 Å². The summed E-state index contributed by atoms with van der Waals surface area (Å²) in [6.07, 6.45) is 4.22. The summed E-state index contributed by atoms with van der Waals surface area (Å²) in [7, 11) is 1.57.